The summed E-state index contributed by atoms with van der Waals surface area (Å²) in [5.74, 6) is -4.66. The first-order valence-electron chi connectivity index (χ1n) is 14.9. The first-order valence-corrected chi connectivity index (χ1v) is 23.0. The van der Waals surface area contributed by atoms with Crippen molar-refractivity contribution >= 4 is 79.5 Å². The number of nitriles is 1. The van der Waals surface area contributed by atoms with Crippen LogP contribution in [0, 0.1) is 23.0 Å². The number of aromatic nitrogens is 4. The summed E-state index contributed by atoms with van der Waals surface area (Å²) in [6, 6.07) is 7.59. The SMILES string of the molecule is CC(C)(C)OC(=O)N(CCCCOCCNc1cc(-c2cnn(PI)c2C#N)cc2c1cnn2PI)Cc1cc(F)c(OC(F)(F)F)c(F)c1. The Morgan fingerprint density at radius 3 is 2.32 bits per heavy atom. The van der Waals surface area contributed by atoms with Gasteiger partial charge in [-0.05, 0) is 113 Å². The van der Waals surface area contributed by atoms with Crippen molar-refractivity contribution in [2.24, 2.45) is 0 Å². The minimum Gasteiger partial charge on any atom is -0.444 e. The maximum absolute atomic E-state index is 14.3. The lowest BCUT2D eigenvalue weighted by molar-refractivity contribution is -0.276. The molecule has 2 heterocycles. The van der Waals surface area contributed by atoms with E-state index in [0.29, 0.717) is 56.8 Å². The largest absolute Gasteiger partial charge is 0.573 e. The molecular weight excluding hydrogens is 933 g/mol. The van der Waals surface area contributed by atoms with Gasteiger partial charge in [-0.25, -0.2) is 22.5 Å². The van der Waals surface area contributed by atoms with E-state index in [0.717, 1.165) is 27.7 Å². The second kappa shape index (κ2) is 17.8. The smallest absolute Gasteiger partial charge is 0.444 e. The number of carbonyl (C=O) groups is 1. The van der Waals surface area contributed by atoms with Crippen LogP contribution >= 0.6 is 56.8 Å². The molecule has 11 nitrogen and oxygen atoms in total. The third kappa shape index (κ3) is 11.0. The standard InChI is InChI=1S/C30H32F5I2N7O4P2/c1-29(2,3)48-28(45)42(17-18-10-22(31)27(23(32)11-18)47-30(33,34)35)7-4-5-8-46-9-6-39-24-12-19(13-25-21(24)16-41-43(25)49-36)20-15-40-44(50-37)26(20)14-38/h10-13,15-16,39,49-50H,4-9,17H2,1-3H3. The Labute approximate surface area is 314 Å². The molecule has 270 valence electrons. The number of nitrogens with zero attached hydrogens (tertiary/aromatic N) is 6. The van der Waals surface area contributed by atoms with Gasteiger partial charge in [0.2, 0.25) is 5.75 Å². The number of anilines is 1. The summed E-state index contributed by atoms with van der Waals surface area (Å²) in [7, 11) is 0. The van der Waals surface area contributed by atoms with Crippen LogP contribution in [-0.2, 0) is 16.0 Å². The molecule has 4 rings (SSSR count). The summed E-state index contributed by atoms with van der Waals surface area (Å²) >= 11 is 4.44. The highest BCUT2D eigenvalue weighted by Gasteiger charge is 2.34. The molecule has 0 aliphatic rings. The Morgan fingerprint density at radius 1 is 1.02 bits per heavy atom. The predicted octanol–water partition coefficient (Wildman–Crippen LogP) is 9.18. The van der Waals surface area contributed by atoms with Gasteiger partial charge in [0.05, 0.1) is 37.3 Å². The maximum Gasteiger partial charge on any atom is 0.573 e. The van der Waals surface area contributed by atoms with Crippen LogP contribution in [0.2, 0.25) is 0 Å². The van der Waals surface area contributed by atoms with E-state index >= 15 is 0 Å². The van der Waals surface area contributed by atoms with E-state index in [2.05, 4.69) is 70.4 Å². The van der Waals surface area contributed by atoms with Crippen LogP contribution in [0.4, 0.5) is 32.4 Å². The number of unbranched alkanes of at least 4 members (excludes halogenated alkanes) is 1. The van der Waals surface area contributed by atoms with Crippen molar-refractivity contribution in [1.29, 1.82) is 5.26 Å². The van der Waals surface area contributed by atoms with Crippen LogP contribution in [0.3, 0.4) is 0 Å². The number of halogens is 7. The van der Waals surface area contributed by atoms with E-state index in [1.54, 1.807) is 37.6 Å². The molecule has 2 atom stereocenters. The molecule has 2 aromatic carbocycles. The summed E-state index contributed by atoms with van der Waals surface area (Å²) in [5.41, 5.74) is 2.85. The van der Waals surface area contributed by atoms with E-state index in [1.165, 1.54) is 4.90 Å². The molecule has 0 fully saturated rings. The second-order valence-electron chi connectivity index (χ2n) is 11.7. The highest BCUT2D eigenvalue weighted by atomic mass is 127. The number of benzene rings is 2. The van der Waals surface area contributed by atoms with Crippen molar-refractivity contribution in [3.8, 4) is 22.9 Å². The summed E-state index contributed by atoms with van der Waals surface area (Å²) in [5, 5.41) is 22.9. The predicted molar refractivity (Wildman–Crippen MR) is 199 cm³/mol. The monoisotopic (exact) mass is 965 g/mol. The van der Waals surface area contributed by atoms with Crippen molar-refractivity contribution < 1.29 is 41.0 Å². The molecule has 0 bridgehead atoms. The molecule has 50 heavy (non-hydrogen) atoms. The molecule has 1 N–H and O–H groups in total. The van der Waals surface area contributed by atoms with Gasteiger partial charge in [0.15, 0.2) is 17.3 Å². The fourth-order valence-electron chi connectivity index (χ4n) is 4.79. The van der Waals surface area contributed by atoms with Gasteiger partial charge >= 0.3 is 12.5 Å². The summed E-state index contributed by atoms with van der Waals surface area (Å²) in [6.07, 6.45) is -0.913. The summed E-state index contributed by atoms with van der Waals surface area (Å²) < 4.78 is 84.5. The molecule has 0 saturated heterocycles. The van der Waals surface area contributed by atoms with Crippen LogP contribution in [0.1, 0.15) is 44.9 Å². The molecule has 0 saturated carbocycles. The average molecular weight is 965 g/mol. The van der Waals surface area contributed by atoms with Crippen molar-refractivity contribution in [2.45, 2.75) is 52.1 Å². The molecule has 1 amide bonds. The summed E-state index contributed by atoms with van der Waals surface area (Å²) in [4.78, 5) is 14.1. The molecule has 4 aromatic rings. The highest BCUT2D eigenvalue weighted by Crippen LogP contribution is 2.38. The average Bonchev–Trinajstić information content (AvgIpc) is 3.65. The van der Waals surface area contributed by atoms with Gasteiger partial charge in [-0.3, -0.25) is 0 Å². The van der Waals surface area contributed by atoms with Gasteiger partial charge in [-0.2, -0.15) is 15.5 Å². The number of nitrogens with one attached hydrogen (secondary N) is 1. The second-order valence-corrected chi connectivity index (χ2v) is 15.8. The number of hydrogen-bond acceptors (Lipinski definition) is 8. The Morgan fingerprint density at radius 2 is 1.70 bits per heavy atom. The molecule has 0 aliphatic heterocycles. The van der Waals surface area contributed by atoms with Crippen molar-refractivity contribution in [3.63, 3.8) is 0 Å². The zero-order valence-corrected chi connectivity index (χ0v) is 33.2. The quantitative estimate of drug-likeness (QED) is 0.0543. The minimum absolute atomic E-state index is 0.0755. The number of hydrogen-bond donors (Lipinski definition) is 1. The lowest BCUT2D eigenvalue weighted by atomic mass is 10.0. The fourth-order valence-corrected chi connectivity index (χ4v) is 7.78. The van der Waals surface area contributed by atoms with E-state index < -0.39 is 35.4 Å². The van der Waals surface area contributed by atoms with Gasteiger partial charge in [0.25, 0.3) is 0 Å². The number of amides is 1. The normalized spacial score (nSPS) is 12.3. The van der Waals surface area contributed by atoms with Gasteiger partial charge in [-0.1, -0.05) is 0 Å². The molecule has 0 aliphatic carbocycles. The van der Waals surface area contributed by atoms with E-state index in [-0.39, 0.29) is 25.0 Å². The molecule has 0 radical (unpaired) electrons. The van der Waals surface area contributed by atoms with E-state index in [1.807, 2.05) is 16.6 Å². The van der Waals surface area contributed by atoms with E-state index in [4.69, 9.17) is 9.47 Å². The first kappa shape index (κ1) is 40.2. The molecule has 2 aromatic heterocycles. The van der Waals surface area contributed by atoms with Crippen LogP contribution < -0.4 is 10.1 Å². The third-order valence-corrected chi connectivity index (χ3v) is 10.6. The maximum atomic E-state index is 14.3. The first-order chi connectivity index (χ1) is 23.6. The Kier molecular flexibility index (Phi) is 14.3. The fraction of sp³-hybridized carbons (Fsp3) is 0.400. The number of rotatable bonds is 15. The van der Waals surface area contributed by atoms with Gasteiger partial charge in [-0.15, -0.1) is 13.2 Å². The van der Waals surface area contributed by atoms with E-state index in [9.17, 15) is 32.0 Å². The van der Waals surface area contributed by atoms with Crippen LogP contribution in [0.25, 0.3) is 22.0 Å². The highest BCUT2D eigenvalue weighted by molar-refractivity contribution is 14.2. The number of carbonyl (C=O) groups excluding carboxylic acids is 1. The van der Waals surface area contributed by atoms with Crippen molar-refractivity contribution in [3.05, 3.63) is 59.6 Å². The van der Waals surface area contributed by atoms with Crippen molar-refractivity contribution in [2.75, 3.05) is 31.6 Å². The number of ether oxygens (including phenoxy) is 3. The molecule has 20 heteroatoms. The minimum atomic E-state index is -5.27. The lowest BCUT2D eigenvalue weighted by Gasteiger charge is -2.27. The van der Waals surface area contributed by atoms with Crippen molar-refractivity contribution in [1.82, 2.24) is 24.0 Å². The van der Waals surface area contributed by atoms with Crippen LogP contribution in [0.15, 0.2) is 36.7 Å². The molecule has 2 unspecified atom stereocenters. The Hall–Kier alpha value is -2.59. The Bertz CT molecular complexity index is 1820. The summed E-state index contributed by atoms with van der Waals surface area (Å²) in [6.45, 7) is 5.97. The number of alkyl halides is 3. The zero-order chi connectivity index (χ0) is 36.6. The Balaban J connectivity index is 1.33. The third-order valence-electron chi connectivity index (χ3n) is 6.86. The van der Waals surface area contributed by atoms with Crippen LogP contribution in [0.5, 0.6) is 5.75 Å². The molecule has 0 spiro atoms. The van der Waals surface area contributed by atoms with Gasteiger partial charge < -0.3 is 24.4 Å². The number of fused-ring (bicyclic) bond motifs is 1. The topological polar surface area (TPSA) is 119 Å². The van der Waals surface area contributed by atoms with Gasteiger partial charge in [0, 0.05) is 42.9 Å². The zero-order valence-electron chi connectivity index (χ0n) is 26.9. The van der Waals surface area contributed by atoms with Gasteiger partial charge in [0.1, 0.15) is 11.7 Å². The molecular formula is C30H32F5I2N7O4P2. The van der Waals surface area contributed by atoms with Crippen LogP contribution in [-0.4, -0.2) is 68.4 Å². The lowest BCUT2D eigenvalue weighted by Crippen LogP contribution is -2.37.